The summed E-state index contributed by atoms with van der Waals surface area (Å²) >= 11 is 6.21. The number of carbonyl (C=O) groups is 1. The number of carbonyl (C=O) groups excluding carboxylic acids is 1. The van der Waals surface area contributed by atoms with Gasteiger partial charge in [-0.3, -0.25) is 4.79 Å². The summed E-state index contributed by atoms with van der Waals surface area (Å²) in [5.74, 6) is 0.987. The van der Waals surface area contributed by atoms with E-state index in [0.717, 1.165) is 11.1 Å². The van der Waals surface area contributed by atoms with Gasteiger partial charge in [0.05, 0.1) is 36.8 Å². The molecule has 2 atom stereocenters. The first-order chi connectivity index (χ1) is 17.7. The molecule has 0 aliphatic rings. The molecular weight excluding hydrogens is 516 g/mol. The van der Waals surface area contributed by atoms with Gasteiger partial charge >= 0.3 is 0 Å². The lowest BCUT2D eigenvalue weighted by Crippen LogP contribution is -2.48. The first kappa shape index (κ1) is 28.3. The van der Waals surface area contributed by atoms with Gasteiger partial charge in [0.1, 0.15) is 11.8 Å². The highest BCUT2D eigenvalue weighted by molar-refractivity contribution is 7.89. The zero-order chi connectivity index (χ0) is 27.0. The van der Waals surface area contributed by atoms with Gasteiger partial charge in [-0.1, -0.05) is 48.0 Å². The van der Waals surface area contributed by atoms with Crippen LogP contribution in [0, 0.1) is 0 Å². The normalized spacial score (nSPS) is 12.9. The molecular formula is C27H31ClN2O6S. The van der Waals surface area contributed by atoms with Gasteiger partial charge in [-0.2, -0.15) is 4.72 Å². The number of ether oxygens (including phenoxy) is 3. The van der Waals surface area contributed by atoms with Gasteiger partial charge in [0.25, 0.3) is 0 Å². The molecule has 0 fully saturated rings. The van der Waals surface area contributed by atoms with Crippen LogP contribution in [0.3, 0.4) is 0 Å². The number of hydrogen-bond acceptors (Lipinski definition) is 6. The second-order valence-corrected chi connectivity index (χ2v) is 10.4. The monoisotopic (exact) mass is 546 g/mol. The minimum Gasteiger partial charge on any atom is -0.493 e. The van der Waals surface area contributed by atoms with Crippen LogP contribution in [0.1, 0.15) is 31.0 Å². The molecule has 0 heterocycles. The zero-order valence-electron chi connectivity index (χ0n) is 21.2. The van der Waals surface area contributed by atoms with E-state index in [9.17, 15) is 13.2 Å². The predicted molar refractivity (Wildman–Crippen MR) is 143 cm³/mol. The molecule has 3 rings (SSSR count). The van der Waals surface area contributed by atoms with E-state index in [2.05, 4.69) is 10.0 Å². The highest BCUT2D eigenvalue weighted by Gasteiger charge is 2.28. The molecule has 0 aliphatic heterocycles. The van der Waals surface area contributed by atoms with Crippen LogP contribution in [0.15, 0.2) is 71.6 Å². The number of sulfonamides is 1. The van der Waals surface area contributed by atoms with Crippen LogP contribution in [-0.4, -0.2) is 41.2 Å². The molecule has 1 amide bonds. The molecule has 0 aliphatic carbocycles. The Bertz CT molecular complexity index is 1320. The third-order valence-electron chi connectivity index (χ3n) is 5.68. The Balaban J connectivity index is 1.85. The van der Waals surface area contributed by atoms with Gasteiger partial charge in [-0.05, 0) is 61.7 Å². The zero-order valence-corrected chi connectivity index (χ0v) is 22.7. The van der Waals surface area contributed by atoms with Crippen molar-refractivity contribution < 1.29 is 27.4 Å². The van der Waals surface area contributed by atoms with E-state index in [-0.39, 0.29) is 16.3 Å². The molecule has 2 unspecified atom stereocenters. The van der Waals surface area contributed by atoms with Crippen molar-refractivity contribution >= 4 is 27.5 Å². The molecule has 0 radical (unpaired) electrons. The quantitative estimate of drug-likeness (QED) is 0.346. The summed E-state index contributed by atoms with van der Waals surface area (Å²) in [6.07, 6.45) is 0.148. The molecule has 3 aromatic rings. The maximum absolute atomic E-state index is 13.4. The first-order valence-electron chi connectivity index (χ1n) is 11.7. The maximum Gasteiger partial charge on any atom is 0.241 e. The molecule has 0 saturated carbocycles. The van der Waals surface area contributed by atoms with Gasteiger partial charge in [-0.15, -0.1) is 0 Å². The molecule has 2 N–H and O–H groups in total. The highest BCUT2D eigenvalue weighted by Crippen LogP contribution is 2.30. The molecule has 3 aromatic carbocycles. The lowest BCUT2D eigenvalue weighted by molar-refractivity contribution is -0.123. The van der Waals surface area contributed by atoms with Gasteiger partial charge < -0.3 is 19.5 Å². The van der Waals surface area contributed by atoms with E-state index in [0.29, 0.717) is 23.9 Å². The van der Waals surface area contributed by atoms with Crippen molar-refractivity contribution in [2.45, 2.75) is 37.2 Å². The van der Waals surface area contributed by atoms with Crippen molar-refractivity contribution in [3.63, 3.8) is 0 Å². The molecule has 0 saturated heterocycles. The average molecular weight is 547 g/mol. The summed E-state index contributed by atoms with van der Waals surface area (Å²) < 4.78 is 45.1. The topological polar surface area (TPSA) is 103 Å². The minimum absolute atomic E-state index is 0.0697. The number of rotatable bonds is 12. The average Bonchev–Trinajstić information content (AvgIpc) is 2.89. The molecule has 8 nitrogen and oxygen atoms in total. The van der Waals surface area contributed by atoms with E-state index in [4.69, 9.17) is 25.8 Å². The lowest BCUT2D eigenvalue weighted by Gasteiger charge is -2.22. The summed E-state index contributed by atoms with van der Waals surface area (Å²) in [5.41, 5.74) is 1.57. The first-order valence-corrected chi connectivity index (χ1v) is 13.6. The SMILES string of the molecule is CCOc1ccc(S(=O)(=O)NC(Cc2ccccc2)C(=O)NC(C)c2ccc(OC)c(OC)c2)cc1Cl. The third kappa shape index (κ3) is 7.38. The molecule has 198 valence electrons. The lowest BCUT2D eigenvalue weighted by atomic mass is 10.0. The minimum atomic E-state index is -4.09. The number of amides is 1. The maximum atomic E-state index is 13.4. The molecule has 37 heavy (non-hydrogen) atoms. The molecule has 0 aromatic heterocycles. The fraction of sp³-hybridized carbons (Fsp3) is 0.296. The Hall–Kier alpha value is -3.27. The summed E-state index contributed by atoms with van der Waals surface area (Å²) in [6, 6.07) is 17.2. The van der Waals surface area contributed by atoms with E-state index in [1.54, 1.807) is 33.1 Å². The summed E-state index contributed by atoms with van der Waals surface area (Å²) in [7, 11) is -1.01. The van der Waals surface area contributed by atoms with Gasteiger partial charge in [0.15, 0.2) is 11.5 Å². The fourth-order valence-electron chi connectivity index (χ4n) is 3.73. The van der Waals surface area contributed by atoms with Crippen molar-refractivity contribution in [2.24, 2.45) is 0 Å². The van der Waals surface area contributed by atoms with Crippen molar-refractivity contribution in [3.8, 4) is 17.2 Å². The standard InChI is InChI=1S/C27H31ClN2O6S/c1-5-36-24-14-12-21(17-22(24)28)37(32,33)30-23(15-19-9-7-6-8-10-19)27(31)29-18(2)20-11-13-25(34-3)26(16-20)35-4/h6-14,16-18,23,30H,5,15H2,1-4H3,(H,29,31). The number of methoxy groups -OCH3 is 2. The van der Waals surface area contributed by atoms with Crippen molar-refractivity contribution in [2.75, 3.05) is 20.8 Å². The van der Waals surface area contributed by atoms with Crippen LogP contribution in [-0.2, 0) is 21.2 Å². The number of halogens is 1. The predicted octanol–water partition coefficient (Wildman–Crippen LogP) is 4.52. The third-order valence-corrected chi connectivity index (χ3v) is 7.44. The Morgan fingerprint density at radius 3 is 2.24 bits per heavy atom. The summed E-state index contributed by atoms with van der Waals surface area (Å²) in [5, 5.41) is 3.07. The van der Waals surface area contributed by atoms with Crippen LogP contribution < -0.4 is 24.2 Å². The van der Waals surface area contributed by atoms with Crippen LogP contribution in [0.25, 0.3) is 0 Å². The van der Waals surface area contributed by atoms with Crippen LogP contribution in [0.4, 0.5) is 0 Å². The number of hydrogen-bond donors (Lipinski definition) is 2. The van der Waals surface area contributed by atoms with Gasteiger partial charge in [0.2, 0.25) is 15.9 Å². The second kappa shape index (κ2) is 12.8. The van der Waals surface area contributed by atoms with E-state index in [1.165, 1.54) is 25.3 Å². The molecule has 0 spiro atoms. The highest BCUT2D eigenvalue weighted by atomic mass is 35.5. The van der Waals surface area contributed by atoms with E-state index < -0.39 is 28.0 Å². The molecule has 10 heteroatoms. The van der Waals surface area contributed by atoms with Crippen molar-refractivity contribution in [1.29, 1.82) is 0 Å². The smallest absolute Gasteiger partial charge is 0.241 e. The Morgan fingerprint density at radius 2 is 1.62 bits per heavy atom. The van der Waals surface area contributed by atoms with Gasteiger partial charge in [0, 0.05) is 0 Å². The van der Waals surface area contributed by atoms with E-state index in [1.807, 2.05) is 36.4 Å². The van der Waals surface area contributed by atoms with Crippen molar-refractivity contribution in [1.82, 2.24) is 10.0 Å². The number of nitrogens with one attached hydrogen (secondary N) is 2. The van der Waals surface area contributed by atoms with Gasteiger partial charge in [-0.25, -0.2) is 8.42 Å². The summed E-state index contributed by atoms with van der Waals surface area (Å²) in [4.78, 5) is 13.3. The fourth-order valence-corrected chi connectivity index (χ4v) is 5.25. The summed E-state index contributed by atoms with van der Waals surface area (Å²) in [6.45, 7) is 4.00. The number of benzene rings is 3. The Morgan fingerprint density at radius 1 is 0.946 bits per heavy atom. The van der Waals surface area contributed by atoms with Crippen LogP contribution in [0.5, 0.6) is 17.2 Å². The van der Waals surface area contributed by atoms with E-state index >= 15 is 0 Å². The Labute approximate surface area is 222 Å². The van der Waals surface area contributed by atoms with Crippen molar-refractivity contribution in [3.05, 3.63) is 82.9 Å². The van der Waals surface area contributed by atoms with Crippen LogP contribution in [0.2, 0.25) is 5.02 Å². The second-order valence-electron chi connectivity index (χ2n) is 8.23. The van der Waals surface area contributed by atoms with Crippen LogP contribution >= 0.6 is 11.6 Å². The largest absolute Gasteiger partial charge is 0.493 e. The Kier molecular flexibility index (Phi) is 9.79. The molecule has 0 bridgehead atoms.